The lowest BCUT2D eigenvalue weighted by Gasteiger charge is -2.11. The fourth-order valence-corrected chi connectivity index (χ4v) is 2.59. The van der Waals surface area contributed by atoms with Gasteiger partial charge in [0, 0.05) is 4.88 Å². The minimum absolute atomic E-state index is 0.322. The van der Waals surface area contributed by atoms with Crippen LogP contribution in [-0.2, 0) is 0 Å². The van der Waals surface area contributed by atoms with Gasteiger partial charge in [0.25, 0.3) is 0 Å². The lowest BCUT2D eigenvalue weighted by atomic mass is 10.1. The molecule has 1 unspecified atom stereocenters. The highest BCUT2D eigenvalue weighted by Gasteiger charge is 2.32. The third kappa shape index (κ3) is 1.64. The number of hydrazine groups is 1. The van der Waals surface area contributed by atoms with Crippen molar-refractivity contribution in [3.63, 3.8) is 0 Å². The fourth-order valence-electron chi connectivity index (χ4n) is 1.38. The molecule has 2 rings (SSSR count). The van der Waals surface area contributed by atoms with Crippen LogP contribution in [0.3, 0.4) is 0 Å². The molecule has 1 aromatic rings. The van der Waals surface area contributed by atoms with E-state index >= 15 is 0 Å². The average molecular weight is 203 g/mol. The molecule has 0 bridgehead atoms. The van der Waals surface area contributed by atoms with Gasteiger partial charge in [0.2, 0.25) is 0 Å². The quantitative estimate of drug-likeness (QED) is 0.583. The van der Waals surface area contributed by atoms with Gasteiger partial charge >= 0.3 is 0 Å². The molecule has 4 heteroatoms. The monoisotopic (exact) mass is 202 g/mol. The van der Waals surface area contributed by atoms with Gasteiger partial charge in [-0.1, -0.05) is 11.6 Å². The van der Waals surface area contributed by atoms with Crippen molar-refractivity contribution in [3.05, 3.63) is 21.3 Å². The zero-order chi connectivity index (χ0) is 8.55. The third-order valence-corrected chi connectivity index (χ3v) is 3.49. The van der Waals surface area contributed by atoms with Gasteiger partial charge < -0.3 is 0 Å². The number of hydrogen-bond donors (Lipinski definition) is 2. The minimum Gasteiger partial charge on any atom is -0.271 e. The molecule has 0 aromatic carbocycles. The predicted molar refractivity (Wildman–Crippen MR) is 52.1 cm³/mol. The molecule has 1 heterocycles. The molecule has 1 aliphatic rings. The Labute approximate surface area is 80.7 Å². The van der Waals surface area contributed by atoms with Crippen molar-refractivity contribution in [1.82, 2.24) is 5.43 Å². The second-order valence-electron chi connectivity index (χ2n) is 3.12. The Morgan fingerprint density at radius 1 is 1.58 bits per heavy atom. The Morgan fingerprint density at radius 2 is 2.33 bits per heavy atom. The molecule has 0 amide bonds. The van der Waals surface area contributed by atoms with Gasteiger partial charge in [0.1, 0.15) is 0 Å². The van der Waals surface area contributed by atoms with Crippen LogP contribution in [0.15, 0.2) is 12.1 Å². The maximum Gasteiger partial charge on any atom is 0.0931 e. The van der Waals surface area contributed by atoms with E-state index in [1.54, 1.807) is 11.3 Å². The van der Waals surface area contributed by atoms with Crippen LogP contribution in [0.1, 0.15) is 23.8 Å². The van der Waals surface area contributed by atoms with Crippen LogP contribution < -0.4 is 11.3 Å². The normalized spacial score (nSPS) is 19.5. The first-order valence-corrected chi connectivity index (χ1v) is 5.22. The molecule has 1 atom stereocenters. The first-order valence-electron chi connectivity index (χ1n) is 4.02. The molecular formula is C8H11ClN2S. The Balaban J connectivity index is 2.15. The number of nitrogens with two attached hydrogens (primary N) is 1. The second kappa shape index (κ2) is 3.34. The van der Waals surface area contributed by atoms with Crippen LogP contribution in [0, 0.1) is 5.92 Å². The van der Waals surface area contributed by atoms with Crippen LogP contribution in [-0.4, -0.2) is 0 Å². The highest BCUT2D eigenvalue weighted by Crippen LogP contribution is 2.42. The molecule has 1 saturated carbocycles. The number of halogens is 1. The van der Waals surface area contributed by atoms with E-state index in [1.165, 1.54) is 17.7 Å². The summed E-state index contributed by atoms with van der Waals surface area (Å²) in [5, 5.41) is 0. The summed E-state index contributed by atoms with van der Waals surface area (Å²) in [6, 6.07) is 4.30. The van der Waals surface area contributed by atoms with Gasteiger partial charge in [0.15, 0.2) is 0 Å². The van der Waals surface area contributed by atoms with Gasteiger partial charge in [-0.05, 0) is 30.9 Å². The van der Waals surface area contributed by atoms with E-state index in [2.05, 4.69) is 11.5 Å². The summed E-state index contributed by atoms with van der Waals surface area (Å²) in [6.07, 6.45) is 2.56. The number of thiophene rings is 1. The van der Waals surface area contributed by atoms with E-state index in [0.717, 1.165) is 10.3 Å². The largest absolute Gasteiger partial charge is 0.271 e. The first kappa shape index (κ1) is 8.51. The highest BCUT2D eigenvalue weighted by atomic mass is 35.5. The van der Waals surface area contributed by atoms with Crippen molar-refractivity contribution in [2.24, 2.45) is 11.8 Å². The topological polar surface area (TPSA) is 38.0 Å². The Bertz CT molecular complexity index is 270. The minimum atomic E-state index is 0.322. The molecule has 0 radical (unpaired) electrons. The van der Waals surface area contributed by atoms with Gasteiger partial charge in [-0.3, -0.25) is 11.3 Å². The molecule has 2 nitrogen and oxygen atoms in total. The summed E-state index contributed by atoms with van der Waals surface area (Å²) >= 11 is 7.45. The van der Waals surface area contributed by atoms with Crippen molar-refractivity contribution in [3.8, 4) is 0 Å². The van der Waals surface area contributed by atoms with E-state index in [4.69, 9.17) is 17.4 Å². The van der Waals surface area contributed by atoms with Gasteiger partial charge in [-0.15, -0.1) is 11.3 Å². The van der Waals surface area contributed by atoms with Gasteiger partial charge in [-0.2, -0.15) is 0 Å². The van der Waals surface area contributed by atoms with Crippen molar-refractivity contribution in [2.45, 2.75) is 18.9 Å². The molecule has 1 aliphatic carbocycles. The highest BCUT2D eigenvalue weighted by molar-refractivity contribution is 7.16. The Hall–Kier alpha value is -0.0900. The van der Waals surface area contributed by atoms with Gasteiger partial charge in [0.05, 0.1) is 10.4 Å². The first-order chi connectivity index (χ1) is 5.81. The van der Waals surface area contributed by atoms with Crippen molar-refractivity contribution < 1.29 is 0 Å². The lowest BCUT2D eigenvalue weighted by molar-refractivity contribution is 0.504. The Morgan fingerprint density at radius 3 is 2.75 bits per heavy atom. The van der Waals surface area contributed by atoms with Crippen LogP contribution in [0.4, 0.5) is 0 Å². The van der Waals surface area contributed by atoms with Crippen LogP contribution in [0.2, 0.25) is 4.34 Å². The molecule has 0 aliphatic heterocycles. The van der Waals surface area contributed by atoms with E-state index < -0.39 is 0 Å². The molecule has 12 heavy (non-hydrogen) atoms. The predicted octanol–water partition coefficient (Wildman–Crippen LogP) is 2.32. The SMILES string of the molecule is NNC(c1ccc(Cl)s1)C1CC1. The summed E-state index contributed by atoms with van der Waals surface area (Å²) in [4.78, 5) is 1.25. The smallest absolute Gasteiger partial charge is 0.0931 e. The van der Waals surface area contributed by atoms with E-state index in [1.807, 2.05) is 6.07 Å². The molecule has 0 spiro atoms. The van der Waals surface area contributed by atoms with Crippen molar-refractivity contribution >= 4 is 22.9 Å². The van der Waals surface area contributed by atoms with Crippen LogP contribution in [0.5, 0.6) is 0 Å². The van der Waals surface area contributed by atoms with Crippen molar-refractivity contribution in [2.75, 3.05) is 0 Å². The molecule has 3 N–H and O–H groups in total. The average Bonchev–Trinajstić information content (AvgIpc) is 2.78. The number of rotatable bonds is 3. The van der Waals surface area contributed by atoms with E-state index in [-0.39, 0.29) is 0 Å². The van der Waals surface area contributed by atoms with E-state index in [9.17, 15) is 0 Å². The standard InChI is InChI=1S/C8H11ClN2S/c9-7-4-3-6(12-7)8(11-10)5-1-2-5/h3-5,8,11H,1-2,10H2. The molecule has 1 fully saturated rings. The number of nitrogens with one attached hydrogen (secondary N) is 1. The van der Waals surface area contributed by atoms with Crippen LogP contribution in [0.25, 0.3) is 0 Å². The zero-order valence-electron chi connectivity index (χ0n) is 6.59. The number of hydrogen-bond acceptors (Lipinski definition) is 3. The van der Waals surface area contributed by atoms with Gasteiger partial charge in [-0.25, -0.2) is 0 Å². The summed E-state index contributed by atoms with van der Waals surface area (Å²) in [5.41, 5.74) is 2.85. The van der Waals surface area contributed by atoms with Crippen LogP contribution >= 0.6 is 22.9 Å². The summed E-state index contributed by atoms with van der Waals surface area (Å²) in [5.74, 6) is 6.20. The zero-order valence-corrected chi connectivity index (χ0v) is 8.16. The maximum absolute atomic E-state index is 5.84. The molecule has 66 valence electrons. The van der Waals surface area contributed by atoms with Crippen molar-refractivity contribution in [1.29, 1.82) is 0 Å². The summed E-state index contributed by atoms with van der Waals surface area (Å²) in [6.45, 7) is 0. The third-order valence-electron chi connectivity index (χ3n) is 2.17. The Kier molecular flexibility index (Phi) is 2.37. The second-order valence-corrected chi connectivity index (χ2v) is 4.87. The summed E-state index contributed by atoms with van der Waals surface area (Å²) in [7, 11) is 0. The molecule has 1 aromatic heterocycles. The molecule has 0 saturated heterocycles. The van der Waals surface area contributed by atoms with E-state index in [0.29, 0.717) is 6.04 Å². The maximum atomic E-state index is 5.84. The molecular weight excluding hydrogens is 192 g/mol. The lowest BCUT2D eigenvalue weighted by Crippen LogP contribution is -2.28. The fraction of sp³-hybridized carbons (Fsp3) is 0.500. The summed E-state index contributed by atoms with van der Waals surface area (Å²) < 4.78 is 0.839.